The van der Waals surface area contributed by atoms with E-state index in [1.807, 2.05) is 115 Å². The van der Waals surface area contributed by atoms with Crippen LogP contribution in [0.1, 0.15) is 119 Å². The molecule has 0 aliphatic carbocycles. The molecule has 112 heavy (non-hydrogen) atoms. The number of anilines is 4. The van der Waals surface area contributed by atoms with Gasteiger partial charge in [0.1, 0.15) is 49.0 Å². The molecule has 0 aliphatic rings. The standard InChI is InChI=1S/C21H26N4O3S2.2C19H24N4O3S2.C17H27N5O2S2/c1-16-9-10-19(28-2)20(14-16)30(26,27)24-13-6-3-5-12-23-21-25-18(15-29-21)17-8-4-7-11-22-17;1-14-12-26-15(2)18(14)28(24,25)22-11-6-3-5-10-21-19-23-17(13-27-19)16-8-4-7-9-20-16;1-14-12-26-15(2)18(14)28(24,25)22-10-5-3-4-9-21-19-23-17(13-27-19)16-7-6-8-20-11-16;1-3-22(4-2)26(23,24)20-13-8-5-7-12-19-17-21-16(14-25-17)15-10-6-9-11-18-15/h4,7-11,14-15,24H,3,5-6,12-13H2,1-2H3,(H,23,25);4,7-9,12-13,22H,3,5-6,10-11H2,1-2H3,(H,21,23);6-8,11-13,22H,3-5,9-10H2,1-2H3,(H,21,23);6,9-11,14,20H,3-5,7-8,12-13H2,1-2H3,(H,19,21). The van der Waals surface area contributed by atoms with Crippen molar-refractivity contribution in [1.82, 2.24) is 63.1 Å². The number of furan rings is 2. The van der Waals surface area contributed by atoms with Crippen LogP contribution >= 0.6 is 45.3 Å². The predicted molar refractivity (Wildman–Crippen MR) is 450 cm³/mol. The Morgan fingerprint density at radius 2 is 0.786 bits per heavy atom. The summed E-state index contributed by atoms with van der Waals surface area (Å²) in [6.45, 7) is 18.2. The number of hydrogen-bond acceptors (Lipinski definition) is 27. The van der Waals surface area contributed by atoms with E-state index >= 15 is 0 Å². The highest BCUT2D eigenvalue weighted by Crippen LogP contribution is 2.30. The van der Waals surface area contributed by atoms with E-state index in [-0.39, 0.29) is 14.7 Å². The van der Waals surface area contributed by atoms with Crippen molar-refractivity contribution in [3.05, 3.63) is 178 Å². The number of benzene rings is 1. The second kappa shape index (κ2) is 46.0. The summed E-state index contributed by atoms with van der Waals surface area (Å²) in [5.41, 5.74) is 9.25. The van der Waals surface area contributed by atoms with Crippen LogP contribution in [0.25, 0.3) is 45.4 Å². The number of unbranched alkanes of at least 4 members (excludes halogenated alkanes) is 8. The monoisotopic (exact) mass is 1680 g/mol. The topological polar surface area (TPSA) is 375 Å². The van der Waals surface area contributed by atoms with Crippen LogP contribution in [-0.2, 0) is 40.3 Å². The van der Waals surface area contributed by atoms with Crippen molar-refractivity contribution >= 4 is 106 Å². The number of methoxy groups -OCH3 is 1. The molecule has 0 spiro atoms. The SMILES string of the molecule is CCN(CC)S(=O)(=O)NCCCCCNc1nc(-c2ccccn2)cs1.COc1ccc(C)cc1S(=O)(=O)NCCCCCNc1nc(-c2ccccn2)cs1.Cc1coc(C)c1S(=O)(=O)NCCCCCNc1nc(-c2ccccn2)cs1.Cc1coc(C)c1S(=O)(=O)NCCCCCNc1nc(-c2cccnc2)cs1. The fourth-order valence-electron chi connectivity index (χ4n) is 11.1. The van der Waals surface area contributed by atoms with Gasteiger partial charge >= 0.3 is 0 Å². The zero-order valence-electron chi connectivity index (χ0n) is 64.3. The first-order chi connectivity index (χ1) is 54.0. The molecular weight excluding hydrogens is 1580 g/mol. The van der Waals surface area contributed by atoms with Crippen molar-refractivity contribution < 1.29 is 47.2 Å². The van der Waals surface area contributed by atoms with E-state index in [2.05, 4.69) is 80.0 Å². The lowest BCUT2D eigenvalue weighted by Gasteiger charge is -2.18. The number of aromatic nitrogens is 8. The van der Waals surface area contributed by atoms with Crippen molar-refractivity contribution in [2.45, 2.75) is 140 Å². The van der Waals surface area contributed by atoms with Crippen LogP contribution in [0, 0.1) is 34.6 Å². The third-order valence-corrected chi connectivity index (χ3v) is 26.7. The first kappa shape index (κ1) is 89.1. The van der Waals surface area contributed by atoms with Gasteiger partial charge < -0.3 is 34.8 Å². The maximum absolute atomic E-state index is 12.5. The quantitative estimate of drug-likeness (QED) is 0.0165. The molecule has 0 bridgehead atoms. The van der Waals surface area contributed by atoms with Gasteiger partial charge in [0.25, 0.3) is 10.2 Å². The molecule has 11 aromatic rings. The molecule has 0 aliphatic heterocycles. The number of rotatable bonds is 43. The molecule has 28 nitrogen and oxygen atoms in total. The van der Waals surface area contributed by atoms with Crippen LogP contribution in [0.2, 0.25) is 0 Å². The summed E-state index contributed by atoms with van der Waals surface area (Å²) in [7, 11) is -12.5. The van der Waals surface area contributed by atoms with Gasteiger partial charge in [0.2, 0.25) is 30.1 Å². The number of nitrogens with zero attached hydrogens (tertiary/aromatic N) is 9. The minimum Gasteiger partial charge on any atom is -0.495 e. The highest BCUT2D eigenvalue weighted by molar-refractivity contribution is 7.90. The van der Waals surface area contributed by atoms with Crippen LogP contribution < -0.4 is 44.9 Å². The molecule has 0 fully saturated rings. The average molecular weight is 1690 g/mol. The van der Waals surface area contributed by atoms with Gasteiger partial charge in [0.05, 0.1) is 42.4 Å². The number of aryl methyl sites for hydroxylation is 5. The molecule has 36 heteroatoms. The Morgan fingerprint density at radius 1 is 0.411 bits per heavy atom. The van der Waals surface area contributed by atoms with E-state index in [0.29, 0.717) is 67.7 Å². The second-order valence-corrected chi connectivity index (χ2v) is 35.8. The Morgan fingerprint density at radius 3 is 1.13 bits per heavy atom. The number of pyridine rings is 4. The number of sulfonamides is 3. The molecule has 8 N–H and O–H groups in total. The predicted octanol–water partition coefficient (Wildman–Crippen LogP) is 15.0. The zero-order valence-corrected chi connectivity index (χ0v) is 70.8. The van der Waals surface area contributed by atoms with Crippen LogP contribution in [0.15, 0.2) is 173 Å². The molecule has 0 atom stereocenters. The maximum atomic E-state index is 12.5. The second-order valence-electron chi connectivity index (χ2n) is 25.4. The first-order valence-electron chi connectivity index (χ1n) is 36.9. The summed E-state index contributed by atoms with van der Waals surface area (Å²) >= 11 is 6.24. The molecule has 0 saturated carbocycles. The van der Waals surface area contributed by atoms with Gasteiger partial charge in [-0.2, -0.15) is 12.7 Å². The number of nitrogens with one attached hydrogen (secondary N) is 8. The van der Waals surface area contributed by atoms with Crippen molar-refractivity contribution in [2.75, 3.05) is 93.8 Å². The first-order valence-corrected chi connectivity index (χ1v) is 46.3. The van der Waals surface area contributed by atoms with Crippen molar-refractivity contribution in [1.29, 1.82) is 0 Å². The molecule has 10 aromatic heterocycles. The Labute approximate surface area is 674 Å². The van der Waals surface area contributed by atoms with Gasteiger partial charge in [-0.15, -0.1) is 45.3 Å². The van der Waals surface area contributed by atoms with Crippen molar-refractivity contribution in [3.8, 4) is 51.2 Å². The summed E-state index contributed by atoms with van der Waals surface area (Å²) in [5.74, 6) is 1.19. The highest BCUT2D eigenvalue weighted by Gasteiger charge is 2.25. The normalized spacial score (nSPS) is 11.6. The lowest BCUT2D eigenvalue weighted by atomic mass is 10.2. The molecule has 0 unspecified atom stereocenters. The molecule has 0 saturated heterocycles. The summed E-state index contributed by atoms with van der Waals surface area (Å²) in [6, 6.07) is 26.3. The van der Waals surface area contributed by atoms with E-state index in [1.54, 1.807) is 116 Å². The lowest BCUT2D eigenvalue weighted by molar-refractivity contribution is 0.402. The smallest absolute Gasteiger partial charge is 0.279 e. The number of thiazole rings is 4. The van der Waals surface area contributed by atoms with Crippen LogP contribution in [-0.4, -0.2) is 150 Å². The molecule has 11 rings (SSSR count). The van der Waals surface area contributed by atoms with Gasteiger partial charge in [-0.1, -0.05) is 63.8 Å². The average Bonchev–Trinajstić information content (AvgIpc) is 1.67. The zero-order chi connectivity index (χ0) is 80.2. The minimum absolute atomic E-state index is 0.180. The Kier molecular flexibility index (Phi) is 36.6. The molecule has 604 valence electrons. The van der Waals surface area contributed by atoms with E-state index in [1.165, 1.54) is 23.9 Å². The van der Waals surface area contributed by atoms with Gasteiger partial charge in [0.15, 0.2) is 20.5 Å². The van der Waals surface area contributed by atoms with Crippen molar-refractivity contribution in [3.63, 3.8) is 0 Å². The van der Waals surface area contributed by atoms with E-state index in [9.17, 15) is 33.7 Å². The summed E-state index contributed by atoms with van der Waals surface area (Å²) in [6.07, 6.45) is 22.3. The van der Waals surface area contributed by atoms with Gasteiger partial charge in [-0.25, -0.2) is 64.1 Å². The molecule has 0 radical (unpaired) electrons. The van der Waals surface area contributed by atoms with E-state index < -0.39 is 40.3 Å². The molecule has 10 heterocycles. The fraction of sp³-hybridized carbons (Fsp3) is 0.395. The molecule has 0 amide bonds. The van der Waals surface area contributed by atoms with E-state index in [0.717, 1.165) is 175 Å². The Hall–Kier alpha value is -8.50. The van der Waals surface area contributed by atoms with Gasteiger partial charge in [-0.05, 0) is 152 Å². The van der Waals surface area contributed by atoms with Gasteiger partial charge in [-0.3, -0.25) is 19.9 Å². The van der Waals surface area contributed by atoms with Crippen LogP contribution in [0.5, 0.6) is 5.75 Å². The number of hydrogen-bond donors (Lipinski definition) is 8. The molecule has 1 aromatic carbocycles. The van der Waals surface area contributed by atoms with E-state index in [4.69, 9.17) is 13.6 Å². The van der Waals surface area contributed by atoms with Crippen LogP contribution in [0.4, 0.5) is 20.5 Å². The minimum atomic E-state index is -3.59. The maximum Gasteiger partial charge on any atom is 0.279 e. The summed E-state index contributed by atoms with van der Waals surface area (Å²) in [4.78, 5) is 35.9. The van der Waals surface area contributed by atoms with Crippen LogP contribution in [0.3, 0.4) is 0 Å². The highest BCUT2D eigenvalue weighted by atomic mass is 32.2. The fourth-order valence-corrected chi connectivity index (χ4v) is 19.5. The third-order valence-electron chi connectivity index (χ3n) is 16.8. The largest absolute Gasteiger partial charge is 0.495 e. The Balaban J connectivity index is 0.000000188. The lowest BCUT2D eigenvalue weighted by Crippen LogP contribution is -2.40. The summed E-state index contributed by atoms with van der Waals surface area (Å²) < 4.78 is 126. The Bertz CT molecular complexity index is 4840. The van der Waals surface area contributed by atoms with Crippen molar-refractivity contribution in [2.24, 2.45) is 0 Å². The molecular formula is C76H101N17O11S8. The third kappa shape index (κ3) is 28.9. The number of ether oxygens (including phenoxy) is 1. The van der Waals surface area contributed by atoms with Gasteiger partial charge in [0, 0.05) is 135 Å². The summed E-state index contributed by atoms with van der Waals surface area (Å²) in [5, 5.41) is 24.7.